The van der Waals surface area contributed by atoms with Crippen molar-refractivity contribution in [3.8, 4) is 0 Å². The van der Waals surface area contributed by atoms with Gasteiger partial charge in [-0.15, -0.1) is 0 Å². The molecule has 0 unspecified atom stereocenters. The highest BCUT2D eigenvalue weighted by molar-refractivity contribution is 6.36. The van der Waals surface area contributed by atoms with Crippen LogP contribution >= 0.6 is 0 Å². The molecule has 0 aliphatic rings. The van der Waals surface area contributed by atoms with Gasteiger partial charge in [0.1, 0.15) is 0 Å². The summed E-state index contributed by atoms with van der Waals surface area (Å²) >= 11 is 0. The molecule has 0 aromatic rings. The fourth-order valence-corrected chi connectivity index (χ4v) is 0.763. The van der Waals surface area contributed by atoms with Crippen molar-refractivity contribution >= 4 is 7.32 Å². The zero-order chi connectivity index (χ0) is 10.4. The lowest BCUT2D eigenvalue weighted by atomic mass is 10.2. The third-order valence-corrected chi connectivity index (χ3v) is 1.15. The van der Waals surface area contributed by atoms with Crippen LogP contribution < -0.4 is 6.15 Å². The molecule has 3 N–H and O–H groups in total. The van der Waals surface area contributed by atoms with Gasteiger partial charge in [0.15, 0.2) is 0 Å². The van der Waals surface area contributed by atoms with E-state index >= 15 is 0 Å². The zero-order valence-electron chi connectivity index (χ0n) is 10.2. The second-order valence-electron chi connectivity index (χ2n) is 3.84. The van der Waals surface area contributed by atoms with Crippen LogP contribution in [0.1, 0.15) is 41.5 Å². The first kappa shape index (κ1) is 16.3. The minimum atomic E-state index is -0.542. The minimum Gasteiger partial charge on any atom is -0.384 e. The lowest BCUT2D eigenvalue weighted by Crippen LogP contribution is -2.34. The van der Waals surface area contributed by atoms with Gasteiger partial charge in [0, 0.05) is 18.3 Å². The van der Waals surface area contributed by atoms with Crippen LogP contribution in [0.4, 0.5) is 0 Å². The molecule has 14 heavy (non-hydrogen) atoms. The first-order chi connectivity index (χ1) is 5.91. The van der Waals surface area contributed by atoms with Gasteiger partial charge >= 0.3 is 7.32 Å². The van der Waals surface area contributed by atoms with Gasteiger partial charge in [-0.25, -0.2) is 0 Å². The molecule has 0 aromatic carbocycles. The summed E-state index contributed by atoms with van der Waals surface area (Å²) < 4.78 is 16.3. The monoisotopic (exact) mass is 205 g/mol. The van der Waals surface area contributed by atoms with Crippen LogP contribution in [0.5, 0.6) is 0 Å². The quantitative estimate of drug-likeness (QED) is 0.676. The second kappa shape index (κ2) is 8.23. The highest BCUT2D eigenvalue weighted by Crippen LogP contribution is 2.04. The summed E-state index contributed by atoms with van der Waals surface area (Å²) in [6.45, 7) is 11.8. The molecule has 0 aliphatic heterocycles. The Morgan fingerprint density at radius 2 is 0.857 bits per heavy atom. The molecule has 0 spiro atoms. The second-order valence-corrected chi connectivity index (χ2v) is 3.84. The molecule has 5 heteroatoms. The maximum atomic E-state index is 5.43. The molecule has 0 rings (SSSR count). The largest absolute Gasteiger partial charge is 0.639 e. The first-order valence-electron chi connectivity index (χ1n) is 4.88. The topological polar surface area (TPSA) is 62.7 Å². The van der Waals surface area contributed by atoms with Crippen molar-refractivity contribution in [1.29, 1.82) is 0 Å². The molecule has 0 radical (unpaired) electrons. The van der Waals surface area contributed by atoms with Gasteiger partial charge in [-0.05, 0) is 41.5 Å². The van der Waals surface area contributed by atoms with Crippen LogP contribution in [0.2, 0.25) is 0 Å². The van der Waals surface area contributed by atoms with E-state index in [1.54, 1.807) is 0 Å². The Hall–Kier alpha value is -0.0951. The van der Waals surface area contributed by atoms with Crippen LogP contribution in [0, 0.1) is 0 Å². The maximum absolute atomic E-state index is 5.43. The van der Waals surface area contributed by atoms with Gasteiger partial charge in [0.25, 0.3) is 0 Å². The van der Waals surface area contributed by atoms with E-state index in [9.17, 15) is 0 Å². The fourth-order valence-electron chi connectivity index (χ4n) is 0.763. The minimum absolute atomic E-state index is 0. The average molecular weight is 205 g/mol. The smallest absolute Gasteiger partial charge is 0.384 e. The van der Waals surface area contributed by atoms with Crippen LogP contribution in [0.25, 0.3) is 0 Å². The zero-order valence-corrected chi connectivity index (χ0v) is 10.2. The Bertz CT molecular complexity index is 107. The van der Waals surface area contributed by atoms with Gasteiger partial charge in [-0.2, -0.15) is 0 Å². The molecule has 0 saturated carbocycles. The lowest BCUT2D eigenvalue weighted by molar-refractivity contribution is 0.0335. The molecule has 0 saturated heterocycles. The SMILES string of the molecule is CC(C)OB(OC(C)C)OC(C)C.N. The standard InChI is InChI=1S/C9H21BO3.H3N/c1-7(2)11-10(12-8(3)4)13-9(5)6;/h7-9H,1-6H3;1H3. The average Bonchev–Trinajstić information content (AvgIpc) is 1.80. The third-order valence-electron chi connectivity index (χ3n) is 1.15. The van der Waals surface area contributed by atoms with Gasteiger partial charge in [-0.1, -0.05) is 0 Å². The summed E-state index contributed by atoms with van der Waals surface area (Å²) in [6, 6.07) is 0. The Morgan fingerprint density at radius 1 is 0.643 bits per heavy atom. The van der Waals surface area contributed by atoms with E-state index in [0.29, 0.717) is 0 Å². The normalized spacial score (nSPS) is 10.9. The summed E-state index contributed by atoms with van der Waals surface area (Å²) in [5.41, 5.74) is 0. The van der Waals surface area contributed by atoms with Crippen molar-refractivity contribution in [1.82, 2.24) is 6.15 Å². The van der Waals surface area contributed by atoms with E-state index in [2.05, 4.69) is 0 Å². The predicted molar refractivity (Wildman–Crippen MR) is 59.4 cm³/mol. The summed E-state index contributed by atoms with van der Waals surface area (Å²) in [5, 5.41) is 0. The van der Waals surface area contributed by atoms with Crippen LogP contribution in [-0.4, -0.2) is 25.6 Å². The lowest BCUT2D eigenvalue weighted by Gasteiger charge is -2.20. The van der Waals surface area contributed by atoms with E-state index in [4.69, 9.17) is 14.0 Å². The molecular weight excluding hydrogens is 181 g/mol. The summed E-state index contributed by atoms with van der Waals surface area (Å²) in [6.07, 6.45) is 0.340. The van der Waals surface area contributed by atoms with E-state index in [1.165, 1.54) is 0 Å². The van der Waals surface area contributed by atoms with E-state index in [-0.39, 0.29) is 24.5 Å². The molecule has 0 heterocycles. The molecule has 0 fully saturated rings. The molecular formula is C9H24BNO3. The third kappa shape index (κ3) is 9.99. The van der Waals surface area contributed by atoms with Crippen LogP contribution in [0.15, 0.2) is 0 Å². The summed E-state index contributed by atoms with van der Waals surface area (Å²) in [7, 11) is -0.542. The number of rotatable bonds is 6. The molecule has 4 nitrogen and oxygen atoms in total. The van der Waals surface area contributed by atoms with Gasteiger partial charge < -0.3 is 20.1 Å². The fraction of sp³-hybridized carbons (Fsp3) is 1.00. The van der Waals surface area contributed by atoms with Crippen molar-refractivity contribution in [3.63, 3.8) is 0 Å². The number of hydrogen-bond acceptors (Lipinski definition) is 4. The van der Waals surface area contributed by atoms with E-state index in [0.717, 1.165) is 0 Å². The van der Waals surface area contributed by atoms with E-state index < -0.39 is 7.32 Å². The molecule has 0 aromatic heterocycles. The molecule has 0 amide bonds. The first-order valence-corrected chi connectivity index (χ1v) is 4.88. The van der Waals surface area contributed by atoms with Crippen molar-refractivity contribution < 1.29 is 14.0 Å². The van der Waals surface area contributed by atoms with Crippen molar-refractivity contribution in [2.45, 2.75) is 59.9 Å². The molecule has 0 aliphatic carbocycles. The predicted octanol–water partition coefficient (Wildman–Crippen LogP) is 2.41. The van der Waals surface area contributed by atoms with Crippen molar-refractivity contribution in [2.24, 2.45) is 0 Å². The van der Waals surface area contributed by atoms with Crippen molar-refractivity contribution in [3.05, 3.63) is 0 Å². The van der Waals surface area contributed by atoms with Gasteiger partial charge in [0.05, 0.1) is 0 Å². The maximum Gasteiger partial charge on any atom is 0.639 e. The Morgan fingerprint density at radius 3 is 1.00 bits per heavy atom. The Kier molecular flexibility index (Phi) is 9.61. The van der Waals surface area contributed by atoms with Crippen LogP contribution in [-0.2, 0) is 14.0 Å². The van der Waals surface area contributed by atoms with Crippen LogP contribution in [0.3, 0.4) is 0 Å². The summed E-state index contributed by atoms with van der Waals surface area (Å²) in [5.74, 6) is 0. The highest BCUT2D eigenvalue weighted by atomic mass is 16.7. The van der Waals surface area contributed by atoms with Gasteiger partial charge in [0.2, 0.25) is 0 Å². The van der Waals surface area contributed by atoms with E-state index in [1.807, 2.05) is 41.5 Å². The van der Waals surface area contributed by atoms with Gasteiger partial charge in [-0.3, -0.25) is 0 Å². The van der Waals surface area contributed by atoms with Crippen molar-refractivity contribution in [2.75, 3.05) is 0 Å². The molecule has 0 bridgehead atoms. The molecule has 0 atom stereocenters. The number of hydrogen-bond donors (Lipinski definition) is 1. The molecule has 86 valence electrons. The Balaban J connectivity index is 0. The Labute approximate surface area is 88.1 Å². The highest BCUT2D eigenvalue weighted by Gasteiger charge is 2.25. The summed E-state index contributed by atoms with van der Waals surface area (Å²) in [4.78, 5) is 0.